The Morgan fingerprint density at radius 2 is 2.20 bits per heavy atom. The predicted octanol–water partition coefficient (Wildman–Crippen LogP) is 1.43. The number of hydrogen-bond acceptors (Lipinski definition) is 5. The highest BCUT2D eigenvalue weighted by Crippen LogP contribution is 2.20. The fourth-order valence-corrected chi connectivity index (χ4v) is 4.28. The smallest absolute Gasteiger partial charge is 0.272 e. The Kier molecular flexibility index (Phi) is 4.39. The fourth-order valence-electron chi connectivity index (χ4n) is 2.42. The standard InChI is InChI=1S/C13H18N2O4S/c1-10-2-3-11(6-13(10)15(16)17)7-14-8-12-4-5-20(18,19)9-12/h2-3,6,12,14H,4-5,7-9H2,1H3. The molecule has 1 atom stereocenters. The van der Waals surface area contributed by atoms with Crippen molar-refractivity contribution in [2.24, 2.45) is 5.92 Å². The molecule has 1 unspecified atom stereocenters. The number of aryl methyl sites for hydroxylation is 1. The van der Waals surface area contributed by atoms with Crippen molar-refractivity contribution in [3.63, 3.8) is 0 Å². The zero-order chi connectivity index (χ0) is 14.8. The number of benzene rings is 1. The van der Waals surface area contributed by atoms with Gasteiger partial charge in [-0.1, -0.05) is 12.1 Å². The molecule has 0 aromatic heterocycles. The fraction of sp³-hybridized carbons (Fsp3) is 0.538. The number of nitro benzene ring substituents is 1. The van der Waals surface area contributed by atoms with E-state index in [9.17, 15) is 18.5 Å². The lowest BCUT2D eigenvalue weighted by Crippen LogP contribution is -2.23. The molecule has 6 nitrogen and oxygen atoms in total. The van der Waals surface area contributed by atoms with E-state index in [1.54, 1.807) is 19.1 Å². The van der Waals surface area contributed by atoms with Crippen LogP contribution in [-0.4, -0.2) is 31.4 Å². The highest BCUT2D eigenvalue weighted by Gasteiger charge is 2.27. The van der Waals surface area contributed by atoms with E-state index in [1.807, 2.05) is 6.07 Å². The first-order chi connectivity index (χ1) is 9.37. The van der Waals surface area contributed by atoms with E-state index in [1.165, 1.54) is 0 Å². The summed E-state index contributed by atoms with van der Waals surface area (Å²) in [7, 11) is -2.84. The molecule has 1 heterocycles. The van der Waals surface area contributed by atoms with E-state index in [-0.39, 0.29) is 28.0 Å². The SMILES string of the molecule is Cc1ccc(CNCC2CCS(=O)(=O)C2)cc1[N+](=O)[O-]. The Labute approximate surface area is 118 Å². The molecule has 0 aliphatic carbocycles. The van der Waals surface area contributed by atoms with Crippen molar-refractivity contribution in [3.05, 3.63) is 39.4 Å². The van der Waals surface area contributed by atoms with Crippen LogP contribution in [0.25, 0.3) is 0 Å². The molecule has 0 bridgehead atoms. The van der Waals surface area contributed by atoms with Crippen LogP contribution in [0.5, 0.6) is 0 Å². The van der Waals surface area contributed by atoms with Crippen molar-refractivity contribution >= 4 is 15.5 Å². The summed E-state index contributed by atoms with van der Waals surface area (Å²) in [4.78, 5) is 10.5. The zero-order valence-corrected chi connectivity index (χ0v) is 12.1. The number of nitrogens with one attached hydrogen (secondary N) is 1. The van der Waals surface area contributed by atoms with Gasteiger partial charge in [-0.15, -0.1) is 0 Å². The summed E-state index contributed by atoms with van der Waals surface area (Å²) >= 11 is 0. The van der Waals surface area contributed by atoms with Crippen LogP contribution in [0, 0.1) is 23.0 Å². The molecule has 2 rings (SSSR count). The molecule has 7 heteroatoms. The second-order valence-corrected chi connectivity index (χ2v) is 7.51. The molecule has 20 heavy (non-hydrogen) atoms. The summed E-state index contributed by atoms with van der Waals surface area (Å²) in [5.74, 6) is 0.670. The minimum Gasteiger partial charge on any atom is -0.312 e. The van der Waals surface area contributed by atoms with E-state index in [2.05, 4.69) is 5.32 Å². The molecule has 0 radical (unpaired) electrons. The van der Waals surface area contributed by atoms with Crippen LogP contribution in [-0.2, 0) is 16.4 Å². The van der Waals surface area contributed by atoms with E-state index in [4.69, 9.17) is 0 Å². The molecular formula is C13H18N2O4S. The molecule has 1 aromatic rings. The average Bonchev–Trinajstić information content (AvgIpc) is 2.71. The normalized spacial score (nSPS) is 20.9. The molecule has 0 saturated carbocycles. The van der Waals surface area contributed by atoms with Gasteiger partial charge in [-0.2, -0.15) is 0 Å². The van der Waals surface area contributed by atoms with Crippen LogP contribution in [0.15, 0.2) is 18.2 Å². The Morgan fingerprint density at radius 3 is 2.80 bits per heavy atom. The van der Waals surface area contributed by atoms with E-state index in [0.717, 1.165) is 5.56 Å². The van der Waals surface area contributed by atoms with Gasteiger partial charge in [0.15, 0.2) is 9.84 Å². The maximum Gasteiger partial charge on any atom is 0.272 e. The van der Waals surface area contributed by atoms with Crippen molar-refractivity contribution in [1.29, 1.82) is 0 Å². The van der Waals surface area contributed by atoms with Crippen LogP contribution < -0.4 is 5.32 Å². The molecule has 1 fully saturated rings. The van der Waals surface area contributed by atoms with Gasteiger partial charge in [0.2, 0.25) is 0 Å². The Hall–Kier alpha value is -1.47. The molecule has 1 aliphatic rings. The molecule has 0 amide bonds. The van der Waals surface area contributed by atoms with Crippen molar-refractivity contribution < 1.29 is 13.3 Å². The van der Waals surface area contributed by atoms with Crippen LogP contribution in [0.4, 0.5) is 5.69 Å². The Morgan fingerprint density at radius 1 is 1.45 bits per heavy atom. The third kappa shape index (κ3) is 3.77. The quantitative estimate of drug-likeness (QED) is 0.656. The van der Waals surface area contributed by atoms with Crippen LogP contribution in [0.3, 0.4) is 0 Å². The first-order valence-corrected chi connectivity index (χ1v) is 8.34. The number of nitro groups is 1. The molecule has 1 aliphatic heterocycles. The van der Waals surface area contributed by atoms with Gasteiger partial charge in [-0.3, -0.25) is 10.1 Å². The summed E-state index contributed by atoms with van der Waals surface area (Å²) < 4.78 is 22.7. The molecule has 1 aromatic carbocycles. The lowest BCUT2D eigenvalue weighted by atomic mass is 10.1. The van der Waals surface area contributed by atoms with Gasteiger partial charge < -0.3 is 5.32 Å². The van der Waals surface area contributed by atoms with Crippen LogP contribution >= 0.6 is 0 Å². The van der Waals surface area contributed by atoms with Crippen molar-refractivity contribution in [3.8, 4) is 0 Å². The first-order valence-electron chi connectivity index (χ1n) is 6.52. The average molecular weight is 298 g/mol. The molecular weight excluding hydrogens is 280 g/mol. The van der Waals surface area contributed by atoms with Gasteiger partial charge in [0.25, 0.3) is 5.69 Å². The third-order valence-corrected chi connectivity index (χ3v) is 5.40. The summed E-state index contributed by atoms with van der Waals surface area (Å²) in [5.41, 5.74) is 1.59. The van der Waals surface area contributed by atoms with E-state index < -0.39 is 9.84 Å². The maximum atomic E-state index is 11.3. The van der Waals surface area contributed by atoms with Gasteiger partial charge in [0, 0.05) is 18.2 Å². The van der Waals surface area contributed by atoms with Gasteiger partial charge in [0.1, 0.15) is 0 Å². The van der Waals surface area contributed by atoms with Crippen molar-refractivity contribution in [1.82, 2.24) is 5.32 Å². The zero-order valence-electron chi connectivity index (χ0n) is 11.3. The molecule has 110 valence electrons. The minimum absolute atomic E-state index is 0.118. The monoisotopic (exact) mass is 298 g/mol. The summed E-state index contributed by atoms with van der Waals surface area (Å²) in [6.45, 7) is 2.84. The second kappa shape index (κ2) is 5.88. The summed E-state index contributed by atoms with van der Waals surface area (Å²) in [6, 6.07) is 5.14. The van der Waals surface area contributed by atoms with Crippen LogP contribution in [0.2, 0.25) is 0 Å². The topological polar surface area (TPSA) is 89.3 Å². The largest absolute Gasteiger partial charge is 0.312 e. The number of sulfone groups is 1. The van der Waals surface area contributed by atoms with Crippen LogP contribution in [0.1, 0.15) is 17.5 Å². The van der Waals surface area contributed by atoms with Gasteiger partial charge >= 0.3 is 0 Å². The van der Waals surface area contributed by atoms with E-state index in [0.29, 0.717) is 25.1 Å². The van der Waals surface area contributed by atoms with Gasteiger partial charge in [0.05, 0.1) is 16.4 Å². The second-order valence-electron chi connectivity index (χ2n) is 5.28. The number of hydrogen-bond donors (Lipinski definition) is 1. The van der Waals surface area contributed by atoms with Gasteiger partial charge in [-0.05, 0) is 31.4 Å². The Balaban J connectivity index is 1.89. The number of nitrogens with zero attached hydrogens (tertiary/aromatic N) is 1. The summed E-state index contributed by atoms with van der Waals surface area (Å²) in [5, 5.41) is 14.0. The molecule has 1 saturated heterocycles. The maximum absolute atomic E-state index is 11.3. The third-order valence-electron chi connectivity index (χ3n) is 3.56. The first kappa shape index (κ1) is 14.9. The van der Waals surface area contributed by atoms with Crippen molar-refractivity contribution in [2.45, 2.75) is 19.9 Å². The lowest BCUT2D eigenvalue weighted by Gasteiger charge is -2.09. The highest BCUT2D eigenvalue weighted by atomic mass is 32.2. The van der Waals surface area contributed by atoms with Gasteiger partial charge in [-0.25, -0.2) is 8.42 Å². The van der Waals surface area contributed by atoms with E-state index >= 15 is 0 Å². The predicted molar refractivity (Wildman–Crippen MR) is 76.3 cm³/mol. The summed E-state index contributed by atoms with van der Waals surface area (Å²) in [6.07, 6.45) is 0.698. The van der Waals surface area contributed by atoms with Crippen molar-refractivity contribution in [2.75, 3.05) is 18.1 Å². The molecule has 0 spiro atoms. The molecule has 1 N–H and O–H groups in total. The number of rotatable bonds is 5. The minimum atomic E-state index is -2.84. The lowest BCUT2D eigenvalue weighted by molar-refractivity contribution is -0.385. The Bertz CT molecular complexity index is 613. The highest BCUT2D eigenvalue weighted by molar-refractivity contribution is 7.91.